The summed E-state index contributed by atoms with van der Waals surface area (Å²) in [7, 11) is 3.17. The van der Waals surface area contributed by atoms with E-state index < -0.39 is 29.5 Å². The Balaban J connectivity index is 0.000000290. The number of phenols is 1. The van der Waals surface area contributed by atoms with Gasteiger partial charge in [-0.05, 0) is 122 Å². The average Bonchev–Trinajstić information content (AvgIpc) is 3.18. The highest BCUT2D eigenvalue weighted by atomic mass is 16.6. The maximum atomic E-state index is 12.9. The van der Waals surface area contributed by atoms with Crippen molar-refractivity contribution in [1.29, 1.82) is 0 Å². The Kier molecular flexibility index (Phi) is 14.9. The van der Waals surface area contributed by atoms with Gasteiger partial charge in [-0.15, -0.1) is 0 Å². The van der Waals surface area contributed by atoms with Crippen molar-refractivity contribution in [2.45, 2.75) is 45.3 Å². The van der Waals surface area contributed by atoms with Crippen LogP contribution in [0.1, 0.15) is 64.2 Å². The number of ether oxygens (including phenoxy) is 3. The Bertz CT molecular complexity index is 2130. The average molecular weight is 776 g/mol. The van der Waals surface area contributed by atoms with E-state index in [0.29, 0.717) is 28.3 Å². The van der Waals surface area contributed by atoms with E-state index in [1.165, 1.54) is 24.3 Å². The van der Waals surface area contributed by atoms with Crippen LogP contribution in [0.2, 0.25) is 0 Å². The molecule has 0 spiro atoms. The monoisotopic (exact) mass is 775 g/mol. The van der Waals surface area contributed by atoms with Crippen molar-refractivity contribution in [2.24, 2.45) is 0 Å². The summed E-state index contributed by atoms with van der Waals surface area (Å²) in [4.78, 5) is 60.8. The maximum Gasteiger partial charge on any atom is 0.335 e. The lowest BCUT2D eigenvalue weighted by Gasteiger charge is -2.25. The molecule has 13 heteroatoms. The van der Waals surface area contributed by atoms with Crippen LogP contribution in [0, 0.1) is 0 Å². The predicted molar refractivity (Wildman–Crippen MR) is 215 cm³/mol. The zero-order chi connectivity index (χ0) is 41.5. The lowest BCUT2D eigenvalue weighted by atomic mass is 10.1. The summed E-state index contributed by atoms with van der Waals surface area (Å²) in [6.07, 6.45) is 0.432. The fourth-order valence-electron chi connectivity index (χ4n) is 5.19. The van der Waals surface area contributed by atoms with Gasteiger partial charge >= 0.3 is 11.9 Å². The van der Waals surface area contributed by atoms with Crippen molar-refractivity contribution < 1.29 is 48.4 Å². The number of nitrogens with one attached hydrogen (secondary N) is 3. The summed E-state index contributed by atoms with van der Waals surface area (Å²) >= 11 is 0. The molecule has 5 rings (SSSR count). The molecule has 0 heterocycles. The number of hydrogen-bond donors (Lipinski definition) is 5. The molecule has 1 atom stereocenters. The Labute approximate surface area is 330 Å². The molecule has 57 heavy (non-hydrogen) atoms. The van der Waals surface area contributed by atoms with Crippen LogP contribution in [0.15, 0.2) is 121 Å². The van der Waals surface area contributed by atoms with Crippen molar-refractivity contribution in [1.82, 2.24) is 5.32 Å². The Morgan fingerprint density at radius 2 is 1.02 bits per heavy atom. The molecule has 13 nitrogen and oxygen atoms in total. The van der Waals surface area contributed by atoms with E-state index in [2.05, 4.69) is 16.0 Å². The van der Waals surface area contributed by atoms with Gasteiger partial charge in [0.05, 0.1) is 32.6 Å². The minimum atomic E-state index is -1.07. The first kappa shape index (κ1) is 42.6. The number of anilines is 2. The molecular formula is C44H45N3O10. The fraction of sp³-hybridized carbons (Fsp3) is 0.205. The predicted octanol–water partition coefficient (Wildman–Crippen LogP) is 6.97. The lowest BCUT2D eigenvalue weighted by molar-refractivity contribution is -0.157. The zero-order valence-corrected chi connectivity index (χ0v) is 32.2. The third-order valence-corrected chi connectivity index (χ3v) is 8.04. The lowest BCUT2D eigenvalue weighted by Crippen LogP contribution is -2.38. The maximum absolute atomic E-state index is 12.9. The molecule has 0 saturated carbocycles. The second kappa shape index (κ2) is 20.0. The summed E-state index contributed by atoms with van der Waals surface area (Å²) in [6, 6.07) is 31.7. The van der Waals surface area contributed by atoms with Crippen LogP contribution in [-0.2, 0) is 32.0 Å². The molecule has 0 radical (unpaired) electrons. The third kappa shape index (κ3) is 13.9. The van der Waals surface area contributed by atoms with Gasteiger partial charge in [0.1, 0.15) is 22.8 Å². The third-order valence-electron chi connectivity index (χ3n) is 8.04. The molecule has 0 aromatic heterocycles. The summed E-state index contributed by atoms with van der Waals surface area (Å²) in [5, 5.41) is 26.6. The van der Waals surface area contributed by atoms with Crippen molar-refractivity contribution in [2.75, 3.05) is 24.9 Å². The quantitative estimate of drug-likeness (QED) is 0.0782. The molecule has 0 aliphatic carbocycles. The minimum Gasteiger partial charge on any atom is -0.508 e. The first-order chi connectivity index (χ1) is 27.1. The number of carbonyl (C=O) groups is 5. The molecule has 0 aliphatic heterocycles. The summed E-state index contributed by atoms with van der Waals surface area (Å²) in [5.74, 6) is -0.976. The van der Waals surface area contributed by atoms with Crippen LogP contribution in [0.4, 0.5) is 11.4 Å². The number of hydrogen-bond acceptors (Lipinski definition) is 9. The zero-order valence-electron chi connectivity index (χ0n) is 32.2. The highest BCUT2D eigenvalue weighted by Gasteiger charge is 2.28. The van der Waals surface area contributed by atoms with Gasteiger partial charge in [0.15, 0.2) is 6.04 Å². The topological polar surface area (TPSA) is 190 Å². The molecular weight excluding hydrogens is 730 g/mol. The Morgan fingerprint density at radius 3 is 1.40 bits per heavy atom. The van der Waals surface area contributed by atoms with E-state index in [1.54, 1.807) is 108 Å². The molecule has 0 bridgehead atoms. The van der Waals surface area contributed by atoms with Crippen molar-refractivity contribution in [3.05, 3.63) is 149 Å². The number of methoxy groups -OCH3 is 2. The molecule has 0 saturated heterocycles. The van der Waals surface area contributed by atoms with Gasteiger partial charge in [-0.1, -0.05) is 36.4 Å². The van der Waals surface area contributed by atoms with Gasteiger partial charge in [-0.25, -0.2) is 9.59 Å². The summed E-state index contributed by atoms with van der Waals surface area (Å²) in [6.45, 7) is 5.22. The van der Waals surface area contributed by atoms with Gasteiger partial charge in [0, 0.05) is 16.9 Å². The van der Waals surface area contributed by atoms with Crippen LogP contribution >= 0.6 is 0 Å². The minimum absolute atomic E-state index is 0.0395. The second-order valence-electron chi connectivity index (χ2n) is 13.6. The number of carbonyl (C=O) groups excluding carboxylic acids is 4. The van der Waals surface area contributed by atoms with Gasteiger partial charge < -0.3 is 40.4 Å². The van der Waals surface area contributed by atoms with E-state index >= 15 is 0 Å². The molecule has 0 fully saturated rings. The van der Waals surface area contributed by atoms with Crippen LogP contribution in [-0.4, -0.2) is 59.7 Å². The number of aromatic carboxylic acids is 1. The fourth-order valence-corrected chi connectivity index (χ4v) is 5.19. The molecule has 296 valence electrons. The van der Waals surface area contributed by atoms with E-state index in [-0.39, 0.29) is 36.0 Å². The van der Waals surface area contributed by atoms with Gasteiger partial charge in [0.25, 0.3) is 5.91 Å². The molecule has 5 N–H and O–H groups in total. The number of rotatable bonds is 13. The smallest absolute Gasteiger partial charge is 0.335 e. The standard InChI is InChI=1S/C28H30N2O6.C16H15NO4/c1-28(2,3)36-27(34)25(19-9-13-22(31)14-10-19)30-26(33)20-7-11-21(12-8-20)29-24(32)17-18-5-15-23(35-4)16-6-18;1-21-14-8-2-11(3-9-14)10-15(18)17-13-6-4-12(5-7-13)16(19)20/h5-16,25,31H,17H2,1-4H3,(H,29,32)(H,30,33);2-9H,10H2,1H3,(H,17,18)(H,19,20)/t25-;/m0./s1. The van der Waals surface area contributed by atoms with Gasteiger partial charge in [-0.3, -0.25) is 14.4 Å². The highest BCUT2D eigenvalue weighted by Crippen LogP contribution is 2.22. The second-order valence-corrected chi connectivity index (χ2v) is 13.6. The van der Waals surface area contributed by atoms with Crippen LogP contribution in [0.3, 0.4) is 0 Å². The number of aromatic hydroxyl groups is 1. The van der Waals surface area contributed by atoms with Crippen molar-refractivity contribution in [3.8, 4) is 17.2 Å². The molecule has 5 aromatic carbocycles. The number of phenolic OH excluding ortho intramolecular Hbond substituents is 1. The Hall–Kier alpha value is -7.15. The van der Waals surface area contributed by atoms with Gasteiger partial charge in [0.2, 0.25) is 11.8 Å². The largest absolute Gasteiger partial charge is 0.508 e. The number of amides is 3. The van der Waals surface area contributed by atoms with E-state index in [4.69, 9.17) is 19.3 Å². The van der Waals surface area contributed by atoms with E-state index in [1.807, 2.05) is 24.3 Å². The van der Waals surface area contributed by atoms with Crippen molar-refractivity contribution in [3.63, 3.8) is 0 Å². The van der Waals surface area contributed by atoms with Crippen molar-refractivity contribution >= 4 is 41.0 Å². The Morgan fingerprint density at radius 1 is 0.596 bits per heavy atom. The molecule has 0 unspecified atom stereocenters. The number of carboxylic acids is 1. The van der Waals surface area contributed by atoms with Crippen LogP contribution in [0.5, 0.6) is 17.2 Å². The molecule has 0 aliphatic rings. The molecule has 5 aromatic rings. The summed E-state index contributed by atoms with van der Waals surface area (Å²) < 4.78 is 15.6. The first-order valence-corrected chi connectivity index (χ1v) is 17.7. The number of esters is 1. The summed E-state index contributed by atoms with van der Waals surface area (Å²) in [5.41, 5.74) is 3.02. The van der Waals surface area contributed by atoms with E-state index in [0.717, 1.165) is 16.9 Å². The van der Waals surface area contributed by atoms with Crippen LogP contribution < -0.4 is 25.4 Å². The number of carboxylic acid groups (broad SMARTS) is 1. The first-order valence-electron chi connectivity index (χ1n) is 17.7. The van der Waals surface area contributed by atoms with E-state index in [9.17, 15) is 29.1 Å². The molecule has 3 amide bonds. The highest BCUT2D eigenvalue weighted by molar-refractivity contribution is 5.98. The number of benzene rings is 5. The normalized spacial score (nSPS) is 11.1. The van der Waals surface area contributed by atoms with Gasteiger partial charge in [-0.2, -0.15) is 0 Å². The SMILES string of the molecule is COc1ccc(CC(=O)Nc2ccc(C(=O)N[C@H](C(=O)OC(C)(C)C)c3ccc(O)cc3)cc2)cc1.COc1ccc(CC(=O)Nc2ccc(C(=O)O)cc2)cc1. The van der Waals surface area contributed by atoms with Crippen LogP contribution in [0.25, 0.3) is 0 Å².